The summed E-state index contributed by atoms with van der Waals surface area (Å²) in [7, 11) is 0. The second-order valence-corrected chi connectivity index (χ2v) is 5.59. The molecule has 0 spiro atoms. The largest absolute Gasteiger partial charge is 0.337 e. The van der Waals surface area contributed by atoms with Crippen LogP contribution in [0, 0.1) is 5.92 Å². The molecule has 1 fully saturated rings. The molecule has 1 aliphatic carbocycles. The Morgan fingerprint density at radius 2 is 1.82 bits per heavy atom. The van der Waals surface area contributed by atoms with Gasteiger partial charge in [0, 0.05) is 12.1 Å². The number of allylic oxidation sites excluding steroid dienone is 1. The normalized spacial score (nSPS) is 23.5. The number of carbonyl (C=O) groups is 1. The van der Waals surface area contributed by atoms with E-state index < -0.39 is 0 Å². The van der Waals surface area contributed by atoms with E-state index in [-0.39, 0.29) is 5.92 Å². The van der Waals surface area contributed by atoms with Crippen LogP contribution in [-0.2, 0) is 4.79 Å². The Labute approximate surface area is 106 Å². The van der Waals surface area contributed by atoms with Gasteiger partial charge in [0.2, 0.25) is 5.91 Å². The molecule has 2 heteroatoms. The average molecular weight is 237 g/mol. The van der Waals surface area contributed by atoms with Crippen LogP contribution in [0.15, 0.2) is 11.6 Å². The van der Waals surface area contributed by atoms with Crippen molar-refractivity contribution in [1.82, 2.24) is 4.90 Å². The van der Waals surface area contributed by atoms with Gasteiger partial charge in [-0.25, -0.2) is 0 Å². The van der Waals surface area contributed by atoms with Crippen LogP contribution in [0.1, 0.15) is 60.3 Å². The highest BCUT2D eigenvalue weighted by molar-refractivity contribution is 5.82. The van der Waals surface area contributed by atoms with Gasteiger partial charge in [0.1, 0.15) is 0 Å². The third-order valence-electron chi connectivity index (χ3n) is 3.69. The van der Waals surface area contributed by atoms with Crippen LogP contribution >= 0.6 is 0 Å². The quantitative estimate of drug-likeness (QED) is 0.684. The first-order valence-corrected chi connectivity index (χ1v) is 6.96. The van der Waals surface area contributed by atoms with Gasteiger partial charge < -0.3 is 4.90 Å². The Hall–Kier alpha value is -0.790. The second kappa shape index (κ2) is 6.23. The maximum atomic E-state index is 12.6. The predicted octanol–water partition coefficient (Wildman–Crippen LogP) is 3.77. The summed E-state index contributed by atoms with van der Waals surface area (Å²) in [5.74, 6) is 0.487. The molecule has 0 saturated heterocycles. The molecular formula is C15H27NO. The van der Waals surface area contributed by atoms with Gasteiger partial charge in [-0.1, -0.05) is 18.1 Å². The van der Waals surface area contributed by atoms with Crippen LogP contribution in [0.4, 0.5) is 0 Å². The van der Waals surface area contributed by atoms with Crippen molar-refractivity contribution in [2.24, 2.45) is 5.92 Å². The monoisotopic (exact) mass is 237 g/mol. The van der Waals surface area contributed by atoms with E-state index in [1.165, 1.54) is 18.4 Å². The Bertz CT molecular complexity index is 283. The molecule has 0 aromatic rings. The molecule has 1 rings (SSSR count). The van der Waals surface area contributed by atoms with Crippen molar-refractivity contribution in [1.29, 1.82) is 0 Å². The van der Waals surface area contributed by atoms with Crippen LogP contribution in [0.25, 0.3) is 0 Å². The highest BCUT2D eigenvalue weighted by Crippen LogP contribution is 2.31. The Morgan fingerprint density at radius 3 is 2.29 bits per heavy atom. The minimum absolute atomic E-state index is 0.151. The van der Waals surface area contributed by atoms with E-state index >= 15 is 0 Å². The zero-order valence-electron chi connectivity index (χ0n) is 12.0. The number of nitrogens with zero attached hydrogens (tertiary/aromatic N) is 1. The summed E-state index contributed by atoms with van der Waals surface area (Å²) in [5, 5.41) is 0. The van der Waals surface area contributed by atoms with E-state index in [4.69, 9.17) is 0 Å². The molecule has 0 radical (unpaired) electrons. The predicted molar refractivity (Wildman–Crippen MR) is 72.8 cm³/mol. The lowest BCUT2D eigenvalue weighted by atomic mass is 9.82. The summed E-state index contributed by atoms with van der Waals surface area (Å²) in [6.07, 6.45) is 6.73. The van der Waals surface area contributed by atoms with Gasteiger partial charge in [0.15, 0.2) is 0 Å². The summed E-state index contributed by atoms with van der Waals surface area (Å²) < 4.78 is 0. The Balaban J connectivity index is 2.85. The first kappa shape index (κ1) is 14.3. The lowest BCUT2D eigenvalue weighted by molar-refractivity contribution is -0.138. The smallest absolute Gasteiger partial charge is 0.230 e. The lowest BCUT2D eigenvalue weighted by Crippen LogP contribution is -2.46. The molecule has 1 amide bonds. The van der Waals surface area contributed by atoms with E-state index in [0.717, 1.165) is 12.8 Å². The van der Waals surface area contributed by atoms with Crippen LogP contribution < -0.4 is 0 Å². The molecule has 2 nitrogen and oxygen atoms in total. The molecule has 1 aliphatic rings. The Morgan fingerprint density at radius 1 is 1.24 bits per heavy atom. The first-order valence-electron chi connectivity index (χ1n) is 6.96. The summed E-state index contributed by atoms with van der Waals surface area (Å²) >= 11 is 0. The average Bonchev–Trinajstić information content (AvgIpc) is 2.27. The minimum Gasteiger partial charge on any atom is -0.337 e. The molecule has 1 saturated carbocycles. The number of carbonyl (C=O) groups excluding carboxylic acids is 1. The lowest BCUT2D eigenvalue weighted by Gasteiger charge is -2.36. The van der Waals surface area contributed by atoms with E-state index in [1.54, 1.807) is 0 Å². The number of hydrogen-bond donors (Lipinski definition) is 0. The van der Waals surface area contributed by atoms with Crippen LogP contribution in [0.3, 0.4) is 0 Å². The topological polar surface area (TPSA) is 20.3 Å². The van der Waals surface area contributed by atoms with Gasteiger partial charge in [0.25, 0.3) is 0 Å². The van der Waals surface area contributed by atoms with Gasteiger partial charge in [0.05, 0.1) is 5.92 Å². The number of amides is 1. The SMILES string of the molecule is C/C=C1/CCCC[C@@H]1C(=O)N(C(C)C)C(C)C. The van der Waals surface area contributed by atoms with Crippen molar-refractivity contribution in [2.75, 3.05) is 0 Å². The number of hydrogen-bond acceptors (Lipinski definition) is 1. The molecule has 0 N–H and O–H groups in total. The van der Waals surface area contributed by atoms with Gasteiger partial charge in [-0.05, 0) is 53.9 Å². The zero-order chi connectivity index (χ0) is 13.0. The summed E-state index contributed by atoms with van der Waals surface area (Å²) in [5.41, 5.74) is 1.35. The number of rotatable bonds is 3. The third kappa shape index (κ3) is 3.34. The molecule has 17 heavy (non-hydrogen) atoms. The fraction of sp³-hybridized carbons (Fsp3) is 0.800. The van der Waals surface area contributed by atoms with Gasteiger partial charge in [-0.15, -0.1) is 0 Å². The van der Waals surface area contributed by atoms with Crippen molar-refractivity contribution < 1.29 is 4.79 Å². The van der Waals surface area contributed by atoms with Crippen molar-refractivity contribution in [3.05, 3.63) is 11.6 Å². The molecule has 0 aliphatic heterocycles. The van der Waals surface area contributed by atoms with E-state index in [2.05, 4.69) is 40.7 Å². The maximum absolute atomic E-state index is 12.6. The highest BCUT2D eigenvalue weighted by Gasteiger charge is 2.31. The summed E-state index contributed by atoms with van der Waals surface area (Å²) in [6, 6.07) is 0.588. The molecule has 0 unspecified atom stereocenters. The van der Waals surface area contributed by atoms with E-state index in [9.17, 15) is 4.79 Å². The fourth-order valence-electron chi connectivity index (χ4n) is 2.95. The van der Waals surface area contributed by atoms with Crippen LogP contribution in [-0.4, -0.2) is 22.9 Å². The van der Waals surface area contributed by atoms with Gasteiger partial charge >= 0.3 is 0 Å². The van der Waals surface area contributed by atoms with Crippen molar-refractivity contribution in [3.63, 3.8) is 0 Å². The second-order valence-electron chi connectivity index (χ2n) is 5.59. The summed E-state index contributed by atoms with van der Waals surface area (Å²) in [4.78, 5) is 14.7. The molecule has 98 valence electrons. The third-order valence-corrected chi connectivity index (χ3v) is 3.69. The van der Waals surface area contributed by atoms with Crippen LogP contribution in [0.5, 0.6) is 0 Å². The molecule has 0 aromatic heterocycles. The molecule has 0 aromatic carbocycles. The molecule has 0 bridgehead atoms. The first-order chi connectivity index (χ1) is 7.99. The van der Waals surface area contributed by atoms with Crippen molar-refractivity contribution >= 4 is 5.91 Å². The Kier molecular flexibility index (Phi) is 5.23. The summed E-state index contributed by atoms with van der Waals surface area (Å²) in [6.45, 7) is 10.5. The zero-order valence-corrected chi connectivity index (χ0v) is 12.0. The van der Waals surface area contributed by atoms with Gasteiger partial charge in [-0.3, -0.25) is 4.79 Å². The molecular weight excluding hydrogens is 210 g/mol. The highest BCUT2D eigenvalue weighted by atomic mass is 16.2. The maximum Gasteiger partial charge on any atom is 0.230 e. The fourth-order valence-corrected chi connectivity index (χ4v) is 2.95. The van der Waals surface area contributed by atoms with Crippen LogP contribution in [0.2, 0.25) is 0 Å². The molecule has 1 atom stereocenters. The van der Waals surface area contributed by atoms with E-state index in [1.807, 2.05) is 4.90 Å². The van der Waals surface area contributed by atoms with Crippen molar-refractivity contribution in [2.45, 2.75) is 72.4 Å². The van der Waals surface area contributed by atoms with Crippen molar-refractivity contribution in [3.8, 4) is 0 Å². The van der Waals surface area contributed by atoms with E-state index in [0.29, 0.717) is 18.0 Å². The van der Waals surface area contributed by atoms with Gasteiger partial charge in [-0.2, -0.15) is 0 Å². The standard InChI is InChI=1S/C15H27NO/c1-6-13-9-7-8-10-14(13)15(17)16(11(2)3)12(4)5/h6,11-12,14H,7-10H2,1-5H3/b13-6-/t14-/m0/s1. The molecule has 0 heterocycles. The minimum atomic E-state index is 0.151.